The maximum atomic E-state index is 12.2. The van der Waals surface area contributed by atoms with Crippen LogP contribution in [0, 0.1) is 0 Å². The lowest BCUT2D eigenvalue weighted by atomic mass is 10.1. The van der Waals surface area contributed by atoms with E-state index in [9.17, 15) is 9.59 Å². The predicted molar refractivity (Wildman–Crippen MR) is 108 cm³/mol. The van der Waals surface area contributed by atoms with Crippen molar-refractivity contribution >= 4 is 29.3 Å². The van der Waals surface area contributed by atoms with E-state index in [1.54, 1.807) is 17.2 Å². The number of amides is 2. The third kappa shape index (κ3) is 4.01. The van der Waals surface area contributed by atoms with Crippen LogP contribution in [0.1, 0.15) is 18.4 Å². The van der Waals surface area contributed by atoms with Crippen LogP contribution in [0.3, 0.4) is 0 Å². The van der Waals surface area contributed by atoms with Crippen LogP contribution in [0.4, 0.5) is 11.4 Å². The van der Waals surface area contributed by atoms with Crippen LogP contribution in [-0.2, 0) is 9.59 Å². The van der Waals surface area contributed by atoms with Crippen molar-refractivity contribution in [3.05, 3.63) is 72.8 Å². The molecule has 0 bridgehead atoms. The van der Waals surface area contributed by atoms with Gasteiger partial charge in [-0.25, -0.2) is 4.98 Å². The number of hydrogen-bond acceptors (Lipinski definition) is 4. The van der Waals surface area contributed by atoms with Crippen molar-refractivity contribution in [1.82, 2.24) is 4.98 Å². The van der Waals surface area contributed by atoms with E-state index in [-0.39, 0.29) is 11.8 Å². The lowest BCUT2D eigenvalue weighted by Gasteiger charge is -2.15. The number of anilines is 2. The van der Waals surface area contributed by atoms with Gasteiger partial charge in [-0.2, -0.15) is 0 Å². The summed E-state index contributed by atoms with van der Waals surface area (Å²) >= 11 is 0. The van der Waals surface area contributed by atoms with E-state index in [1.165, 1.54) is 12.5 Å². The van der Waals surface area contributed by atoms with Gasteiger partial charge in [0.1, 0.15) is 0 Å². The molecule has 1 N–H and O–H groups in total. The van der Waals surface area contributed by atoms with Gasteiger partial charge in [0, 0.05) is 36.0 Å². The molecule has 2 heterocycles. The normalized spacial score (nSPS) is 14.0. The van der Waals surface area contributed by atoms with Crippen molar-refractivity contribution in [2.24, 2.45) is 0 Å². The Labute approximate surface area is 162 Å². The molecule has 0 unspecified atom stereocenters. The summed E-state index contributed by atoms with van der Waals surface area (Å²) in [7, 11) is 0. The zero-order chi connectivity index (χ0) is 19.3. The van der Waals surface area contributed by atoms with Crippen molar-refractivity contribution < 1.29 is 14.0 Å². The van der Waals surface area contributed by atoms with Crippen LogP contribution in [-0.4, -0.2) is 23.3 Å². The first-order valence-electron chi connectivity index (χ1n) is 9.07. The summed E-state index contributed by atoms with van der Waals surface area (Å²) in [5, 5.41) is 2.84. The monoisotopic (exact) mass is 373 g/mol. The Morgan fingerprint density at radius 3 is 2.75 bits per heavy atom. The maximum absolute atomic E-state index is 12.2. The molecule has 0 aliphatic carbocycles. The molecule has 1 saturated heterocycles. The number of rotatable bonds is 5. The van der Waals surface area contributed by atoms with E-state index < -0.39 is 0 Å². The highest BCUT2D eigenvalue weighted by atomic mass is 16.3. The summed E-state index contributed by atoms with van der Waals surface area (Å²) in [4.78, 5) is 29.7. The van der Waals surface area contributed by atoms with Crippen molar-refractivity contribution in [2.45, 2.75) is 12.8 Å². The molecule has 3 aromatic rings. The molecule has 1 fully saturated rings. The highest BCUT2D eigenvalue weighted by molar-refractivity contribution is 6.02. The summed E-state index contributed by atoms with van der Waals surface area (Å²) in [5.41, 5.74) is 3.30. The van der Waals surface area contributed by atoms with Gasteiger partial charge >= 0.3 is 0 Å². The maximum Gasteiger partial charge on any atom is 0.248 e. The Bertz CT molecular complexity index is 1010. The highest BCUT2D eigenvalue weighted by Crippen LogP contribution is 2.23. The smallest absolute Gasteiger partial charge is 0.248 e. The molecular formula is C22H19N3O3. The minimum atomic E-state index is -0.228. The SMILES string of the molecule is O=C(/C=C/c1ccc(N2CCCC2=O)cc1)Nc1cccc(-c2cnco2)c1. The van der Waals surface area contributed by atoms with Crippen molar-refractivity contribution in [3.63, 3.8) is 0 Å². The summed E-state index contributed by atoms with van der Waals surface area (Å²) in [5.74, 6) is 0.576. The second-order valence-corrected chi connectivity index (χ2v) is 6.51. The van der Waals surface area contributed by atoms with Gasteiger partial charge in [-0.1, -0.05) is 24.3 Å². The third-order valence-electron chi connectivity index (χ3n) is 4.55. The molecule has 0 radical (unpaired) electrons. The van der Waals surface area contributed by atoms with Gasteiger partial charge in [0.2, 0.25) is 11.8 Å². The van der Waals surface area contributed by atoms with E-state index in [2.05, 4.69) is 10.3 Å². The Balaban J connectivity index is 1.39. The third-order valence-corrected chi connectivity index (χ3v) is 4.55. The number of hydrogen-bond donors (Lipinski definition) is 1. The molecular weight excluding hydrogens is 354 g/mol. The molecule has 1 aliphatic rings. The minimum absolute atomic E-state index is 0.162. The van der Waals surface area contributed by atoms with E-state index >= 15 is 0 Å². The first kappa shape index (κ1) is 17.7. The average Bonchev–Trinajstić information content (AvgIpc) is 3.39. The molecule has 0 spiro atoms. The topological polar surface area (TPSA) is 75.4 Å². The molecule has 2 aromatic carbocycles. The summed E-state index contributed by atoms with van der Waals surface area (Å²) in [6, 6.07) is 15.0. The Kier molecular flexibility index (Phi) is 5.01. The number of nitrogens with one attached hydrogen (secondary N) is 1. The van der Waals surface area contributed by atoms with E-state index in [0.717, 1.165) is 29.8 Å². The van der Waals surface area contributed by atoms with Gasteiger partial charge in [0.15, 0.2) is 12.2 Å². The molecule has 4 rings (SSSR count). The summed E-state index contributed by atoms with van der Waals surface area (Å²) in [6.45, 7) is 0.767. The van der Waals surface area contributed by atoms with Crippen molar-refractivity contribution in [3.8, 4) is 11.3 Å². The van der Waals surface area contributed by atoms with Gasteiger partial charge in [-0.3, -0.25) is 9.59 Å². The number of nitrogens with zero attached hydrogens (tertiary/aromatic N) is 2. The zero-order valence-corrected chi connectivity index (χ0v) is 15.2. The summed E-state index contributed by atoms with van der Waals surface area (Å²) < 4.78 is 5.28. The van der Waals surface area contributed by atoms with Crippen molar-refractivity contribution in [2.75, 3.05) is 16.8 Å². The number of carbonyl (C=O) groups is 2. The van der Waals surface area contributed by atoms with Crippen LogP contribution >= 0.6 is 0 Å². The fourth-order valence-electron chi connectivity index (χ4n) is 3.15. The quantitative estimate of drug-likeness (QED) is 0.683. The average molecular weight is 373 g/mol. The Morgan fingerprint density at radius 2 is 2.04 bits per heavy atom. The standard InChI is InChI=1S/C22H19N3O3/c26-21(24-18-4-1-3-17(13-18)20-14-23-15-28-20)11-8-16-6-9-19(10-7-16)25-12-2-5-22(25)27/h1,3-4,6-11,13-15H,2,5,12H2,(H,24,26)/b11-8+. The molecule has 0 saturated carbocycles. The largest absolute Gasteiger partial charge is 0.444 e. The van der Waals surface area contributed by atoms with Crippen LogP contribution in [0.2, 0.25) is 0 Å². The first-order valence-corrected chi connectivity index (χ1v) is 9.07. The van der Waals surface area contributed by atoms with Gasteiger partial charge in [-0.05, 0) is 42.3 Å². The van der Waals surface area contributed by atoms with Crippen LogP contribution < -0.4 is 10.2 Å². The zero-order valence-electron chi connectivity index (χ0n) is 15.2. The molecule has 1 aromatic heterocycles. The Morgan fingerprint density at radius 1 is 1.18 bits per heavy atom. The van der Waals surface area contributed by atoms with Crippen molar-refractivity contribution in [1.29, 1.82) is 0 Å². The number of aromatic nitrogens is 1. The molecule has 140 valence electrons. The van der Waals surface area contributed by atoms with Gasteiger partial charge in [0.05, 0.1) is 6.20 Å². The minimum Gasteiger partial charge on any atom is -0.444 e. The fourth-order valence-corrected chi connectivity index (χ4v) is 3.15. The molecule has 1 aliphatic heterocycles. The molecule has 2 amide bonds. The second kappa shape index (κ2) is 7.92. The lowest BCUT2D eigenvalue weighted by molar-refractivity contribution is -0.117. The van der Waals surface area contributed by atoms with Gasteiger partial charge < -0.3 is 14.6 Å². The molecule has 28 heavy (non-hydrogen) atoms. The first-order chi connectivity index (χ1) is 13.7. The fraction of sp³-hybridized carbons (Fsp3) is 0.136. The van der Waals surface area contributed by atoms with Gasteiger partial charge in [0.25, 0.3) is 0 Å². The molecule has 0 atom stereocenters. The summed E-state index contributed by atoms with van der Waals surface area (Å²) in [6.07, 6.45) is 7.73. The van der Waals surface area contributed by atoms with E-state index in [0.29, 0.717) is 17.9 Å². The van der Waals surface area contributed by atoms with E-state index in [4.69, 9.17) is 4.42 Å². The molecule has 6 heteroatoms. The van der Waals surface area contributed by atoms with Crippen LogP contribution in [0.15, 0.2) is 71.6 Å². The highest BCUT2D eigenvalue weighted by Gasteiger charge is 2.21. The van der Waals surface area contributed by atoms with E-state index in [1.807, 2.05) is 48.5 Å². The lowest BCUT2D eigenvalue weighted by Crippen LogP contribution is -2.23. The second-order valence-electron chi connectivity index (χ2n) is 6.51. The molecule has 6 nitrogen and oxygen atoms in total. The van der Waals surface area contributed by atoms with Gasteiger partial charge in [-0.15, -0.1) is 0 Å². The number of benzene rings is 2. The number of carbonyl (C=O) groups excluding carboxylic acids is 2. The predicted octanol–water partition coefficient (Wildman–Crippen LogP) is 4.12. The Hall–Kier alpha value is -3.67. The van der Waals surface area contributed by atoms with Crippen LogP contribution in [0.25, 0.3) is 17.4 Å². The van der Waals surface area contributed by atoms with Crippen LogP contribution in [0.5, 0.6) is 0 Å². The number of oxazole rings is 1.